The van der Waals surface area contributed by atoms with Gasteiger partial charge in [0.25, 0.3) is 0 Å². The average Bonchev–Trinajstić information content (AvgIpc) is 3.70. The molecule has 3 aromatic carbocycles. The maximum absolute atomic E-state index is 14.1. The molecule has 346 valence electrons. The van der Waals surface area contributed by atoms with E-state index >= 15 is 0 Å². The van der Waals surface area contributed by atoms with E-state index in [1.54, 1.807) is 49.5 Å². The summed E-state index contributed by atoms with van der Waals surface area (Å²) >= 11 is 16.0. The summed E-state index contributed by atoms with van der Waals surface area (Å²) in [5.41, 5.74) is 4.27. The largest absolute Gasteiger partial charge is 0.490 e. The summed E-state index contributed by atoms with van der Waals surface area (Å²) in [6.07, 6.45) is 3.99. The van der Waals surface area contributed by atoms with Gasteiger partial charge < -0.3 is 38.4 Å². The third-order valence-electron chi connectivity index (χ3n) is 12.3. The van der Waals surface area contributed by atoms with Crippen molar-refractivity contribution in [3.05, 3.63) is 93.7 Å². The lowest BCUT2D eigenvalue weighted by molar-refractivity contribution is -0.141. The molecular formula is C47H49Cl2FN7O7PS. The van der Waals surface area contributed by atoms with E-state index in [-0.39, 0.29) is 36.2 Å². The summed E-state index contributed by atoms with van der Waals surface area (Å²) in [6, 6.07) is 13.5. The van der Waals surface area contributed by atoms with Crippen LogP contribution in [-0.2, 0) is 22.4 Å². The monoisotopic (exact) mass is 975 g/mol. The van der Waals surface area contributed by atoms with E-state index in [9.17, 15) is 18.9 Å². The Labute approximate surface area is 396 Å². The Bertz CT molecular complexity index is 2840. The highest BCUT2D eigenvalue weighted by molar-refractivity contribution is 7.63. The molecule has 3 aromatic heterocycles. The van der Waals surface area contributed by atoms with Crippen molar-refractivity contribution in [2.24, 2.45) is 5.92 Å². The second-order valence-corrected chi connectivity index (χ2v) is 22.5. The Kier molecular flexibility index (Phi) is 13.4. The number of nitrogens with zero attached hydrogens (tertiary/aromatic N) is 7. The lowest BCUT2D eigenvalue weighted by Crippen LogP contribution is -2.49. The molecule has 2 saturated heterocycles. The summed E-state index contributed by atoms with van der Waals surface area (Å²) in [5.74, 6) is 0.506. The van der Waals surface area contributed by atoms with E-state index in [0.717, 1.165) is 47.6 Å². The smallest absolute Gasteiger partial charge is 0.306 e. The van der Waals surface area contributed by atoms with Gasteiger partial charge in [0.15, 0.2) is 11.5 Å². The van der Waals surface area contributed by atoms with Crippen LogP contribution in [0.4, 0.5) is 10.3 Å². The first kappa shape index (κ1) is 46.0. The van der Waals surface area contributed by atoms with Crippen molar-refractivity contribution in [2.45, 2.75) is 33.0 Å². The maximum Gasteiger partial charge on any atom is 0.306 e. The number of hydrogen-bond acceptors (Lipinski definition) is 14. The second kappa shape index (κ2) is 19.3. The summed E-state index contributed by atoms with van der Waals surface area (Å²) in [4.78, 5) is 38.4. The molecule has 3 aliphatic heterocycles. The van der Waals surface area contributed by atoms with Crippen LogP contribution in [0, 0.1) is 18.7 Å². The van der Waals surface area contributed by atoms with Gasteiger partial charge in [-0.2, -0.15) is 0 Å². The van der Waals surface area contributed by atoms with Crippen LogP contribution in [0.1, 0.15) is 23.7 Å². The molecule has 6 aromatic rings. The van der Waals surface area contributed by atoms with Crippen LogP contribution >= 0.6 is 41.7 Å². The summed E-state index contributed by atoms with van der Waals surface area (Å²) in [5, 5.41) is 11.1. The highest BCUT2D eigenvalue weighted by Gasteiger charge is 2.35. The predicted octanol–water partition coefficient (Wildman–Crippen LogP) is 9.40. The molecule has 0 radical (unpaired) electrons. The van der Waals surface area contributed by atoms with Crippen LogP contribution in [0.25, 0.3) is 31.8 Å². The molecule has 1 N–H and O–H groups in total. The van der Waals surface area contributed by atoms with Gasteiger partial charge in [0.05, 0.1) is 29.2 Å². The first-order chi connectivity index (χ1) is 31.7. The molecule has 3 aliphatic rings. The number of benzene rings is 3. The molecule has 0 aliphatic carbocycles. The lowest BCUT2D eigenvalue weighted by Gasteiger charge is -2.35. The van der Waals surface area contributed by atoms with Crippen LogP contribution in [0.15, 0.2) is 61.1 Å². The fourth-order valence-electron chi connectivity index (χ4n) is 8.40. The third kappa shape index (κ3) is 9.81. The van der Waals surface area contributed by atoms with Gasteiger partial charge in [0, 0.05) is 80.3 Å². The summed E-state index contributed by atoms with van der Waals surface area (Å²) in [7, 11) is -0.0247. The Balaban J connectivity index is 0.985. The zero-order chi connectivity index (χ0) is 46.3. The van der Waals surface area contributed by atoms with Crippen molar-refractivity contribution in [1.82, 2.24) is 29.7 Å². The van der Waals surface area contributed by atoms with E-state index < -0.39 is 25.1 Å². The number of fused-ring (bicyclic) bond motifs is 2. The van der Waals surface area contributed by atoms with E-state index in [0.29, 0.717) is 93.3 Å². The molecule has 0 amide bonds. The number of rotatable bonds is 15. The topological polar surface area (TPSA) is 153 Å². The van der Waals surface area contributed by atoms with Gasteiger partial charge in [-0.15, -0.1) is 11.3 Å². The van der Waals surface area contributed by atoms with E-state index in [2.05, 4.69) is 31.8 Å². The van der Waals surface area contributed by atoms with E-state index in [1.807, 2.05) is 18.5 Å². The first-order valence-electron chi connectivity index (χ1n) is 21.8. The molecule has 0 saturated carbocycles. The summed E-state index contributed by atoms with van der Waals surface area (Å²) < 4.78 is 52.7. The fraction of sp³-hybridized carbons (Fsp3) is 0.383. The molecule has 9 rings (SSSR count). The first-order valence-corrected chi connectivity index (χ1v) is 25.9. The number of likely N-dealkylation sites (N-methyl/N-ethyl adjacent to an activating group) is 1. The number of aliphatic carboxylic acids is 1. The number of carbonyl (C=O) groups is 1. The van der Waals surface area contributed by atoms with Crippen molar-refractivity contribution < 1.29 is 37.8 Å². The Morgan fingerprint density at radius 3 is 2.48 bits per heavy atom. The molecule has 66 heavy (non-hydrogen) atoms. The average molecular weight is 977 g/mol. The third-order valence-corrected chi connectivity index (χ3v) is 16.6. The van der Waals surface area contributed by atoms with Gasteiger partial charge in [-0.25, -0.2) is 24.3 Å². The Hall–Kier alpha value is -5.09. The number of carboxylic acid groups (broad SMARTS) is 1. The van der Waals surface area contributed by atoms with Gasteiger partial charge in [0.2, 0.25) is 11.8 Å². The number of hydrogen-bond donors (Lipinski definition) is 1. The van der Waals surface area contributed by atoms with Crippen LogP contribution in [-0.4, -0.2) is 125 Å². The predicted molar refractivity (Wildman–Crippen MR) is 256 cm³/mol. The summed E-state index contributed by atoms with van der Waals surface area (Å²) in [6.45, 7) is 10.8. The molecule has 2 fully saturated rings. The minimum absolute atomic E-state index is 0.0910. The van der Waals surface area contributed by atoms with Gasteiger partial charge in [-0.05, 0) is 80.1 Å². The van der Waals surface area contributed by atoms with Gasteiger partial charge in [-0.1, -0.05) is 42.3 Å². The maximum atomic E-state index is 14.1. The van der Waals surface area contributed by atoms with Crippen molar-refractivity contribution in [3.8, 4) is 50.4 Å². The fourth-order valence-corrected chi connectivity index (χ4v) is 11.7. The molecular weight excluding hydrogens is 928 g/mol. The molecule has 0 bridgehead atoms. The van der Waals surface area contributed by atoms with Crippen molar-refractivity contribution in [1.29, 1.82) is 0 Å². The number of halogens is 3. The number of piperazine rings is 1. The quantitative estimate of drug-likeness (QED) is 0.0971. The highest BCUT2D eigenvalue weighted by Crippen LogP contribution is 2.59. The van der Waals surface area contributed by atoms with Crippen LogP contribution in [0.2, 0.25) is 10.0 Å². The Morgan fingerprint density at radius 2 is 1.74 bits per heavy atom. The molecule has 0 spiro atoms. The normalized spacial score (nSPS) is 16.9. The van der Waals surface area contributed by atoms with Gasteiger partial charge in [-0.3, -0.25) is 9.69 Å². The molecule has 2 atom stereocenters. The number of thiophene rings is 1. The lowest BCUT2D eigenvalue weighted by atomic mass is 9.93. The molecule has 14 nitrogen and oxygen atoms in total. The van der Waals surface area contributed by atoms with Crippen molar-refractivity contribution >= 4 is 63.8 Å². The van der Waals surface area contributed by atoms with Crippen LogP contribution < -0.4 is 23.8 Å². The van der Waals surface area contributed by atoms with Crippen LogP contribution in [0.5, 0.6) is 28.9 Å². The molecule has 6 heterocycles. The number of anilines is 1. The molecule has 0 unspecified atom stereocenters. The Morgan fingerprint density at radius 1 is 0.985 bits per heavy atom. The number of aromatic nitrogens is 4. The minimum Gasteiger partial charge on any atom is -0.490 e. The van der Waals surface area contributed by atoms with E-state index in [1.165, 1.54) is 29.8 Å². The van der Waals surface area contributed by atoms with Crippen molar-refractivity contribution in [3.63, 3.8) is 0 Å². The van der Waals surface area contributed by atoms with Crippen molar-refractivity contribution in [2.75, 3.05) is 83.4 Å². The highest BCUT2D eigenvalue weighted by atomic mass is 35.5. The minimum atomic E-state index is -2.12. The van der Waals surface area contributed by atoms with Gasteiger partial charge in [0.1, 0.15) is 52.8 Å². The van der Waals surface area contributed by atoms with E-state index in [4.69, 9.17) is 47.1 Å². The molecule has 19 heteroatoms. The van der Waals surface area contributed by atoms with Crippen LogP contribution in [0.3, 0.4) is 0 Å². The number of ether oxygens (including phenoxy) is 4. The second-order valence-electron chi connectivity index (χ2n) is 17.3. The SMILES string of the molecule is Cc1c(Cl)c(O[C@@H](COc2ccc(OCc3ccnc(N4CCP(C)(=O)CC4)n3)c(C[C@@H](C)C(=O)O)c2)CN2CCN(C)CC2)c(Cl)c2c1-c1c(-c3ccc(F)cc3)sc3ncnc(c13)O2. The zero-order valence-electron chi connectivity index (χ0n) is 36.9. The number of carboxylic acids is 1. The zero-order valence-corrected chi connectivity index (χ0v) is 40.2. The standard InChI is InChI=1S/C47H49Cl2FN7O7PS/c1-27(46(58)59)21-30-22-33(9-10-35(30)62-24-32-11-12-51-47(54-32)57-17-19-65(4,60)20-18-57)61-25-34(23-56-15-13-55(3)14-16-56)63-42-39(48)28(2)36-37-38-44(64-41(36)40(42)49)52-26-53-45(38)66-43(37)29-5-7-31(50)8-6-29/h5-12,22,26-27,34H,13-21,23-25H2,1-4H3,(H,58,59)/t27-,34-/m1/s1. The van der Waals surface area contributed by atoms with Gasteiger partial charge >= 0.3 is 5.97 Å².